The Morgan fingerprint density at radius 2 is 2.21 bits per heavy atom. The van der Waals surface area contributed by atoms with E-state index in [0.29, 0.717) is 11.7 Å². The molecule has 7 heteroatoms. The van der Waals surface area contributed by atoms with Gasteiger partial charge in [0, 0.05) is 0 Å². The number of benzene rings is 1. The van der Waals surface area contributed by atoms with E-state index in [1.54, 1.807) is 19.1 Å². The van der Waals surface area contributed by atoms with E-state index in [1.807, 2.05) is 0 Å². The van der Waals surface area contributed by atoms with Gasteiger partial charge >= 0.3 is 0 Å². The summed E-state index contributed by atoms with van der Waals surface area (Å²) in [7, 11) is 0. The molecule has 0 aliphatic heterocycles. The van der Waals surface area contributed by atoms with Crippen LogP contribution in [0.15, 0.2) is 28.8 Å². The zero-order valence-corrected chi connectivity index (χ0v) is 10.3. The topological polar surface area (TPSA) is 80.0 Å². The van der Waals surface area contributed by atoms with Crippen molar-refractivity contribution >= 4 is 11.6 Å². The number of halogens is 1. The van der Waals surface area contributed by atoms with Crippen LogP contribution < -0.4 is 10.6 Å². The van der Waals surface area contributed by atoms with Gasteiger partial charge in [0.2, 0.25) is 11.8 Å². The Labute approximate surface area is 109 Å². The molecule has 1 amide bonds. The third-order valence-corrected chi connectivity index (χ3v) is 2.28. The molecule has 2 N–H and O–H groups in total. The van der Waals surface area contributed by atoms with E-state index in [1.165, 1.54) is 12.1 Å². The van der Waals surface area contributed by atoms with Gasteiger partial charge in [0.05, 0.1) is 18.8 Å². The monoisotopic (exact) mass is 264 g/mol. The van der Waals surface area contributed by atoms with Gasteiger partial charge in [0.1, 0.15) is 5.82 Å². The molecule has 0 spiro atoms. The third kappa shape index (κ3) is 3.85. The van der Waals surface area contributed by atoms with Crippen LogP contribution in [-0.4, -0.2) is 22.6 Å². The molecule has 0 bridgehead atoms. The van der Waals surface area contributed by atoms with E-state index in [9.17, 15) is 9.18 Å². The summed E-state index contributed by atoms with van der Waals surface area (Å²) in [5, 5.41) is 8.90. The van der Waals surface area contributed by atoms with E-state index < -0.39 is 5.82 Å². The van der Waals surface area contributed by atoms with Crippen molar-refractivity contribution in [3.63, 3.8) is 0 Å². The molecule has 0 radical (unpaired) electrons. The fourth-order valence-electron chi connectivity index (χ4n) is 1.45. The number of para-hydroxylation sites is 1. The Morgan fingerprint density at radius 1 is 1.42 bits per heavy atom. The van der Waals surface area contributed by atoms with Gasteiger partial charge in [-0.25, -0.2) is 4.39 Å². The predicted molar refractivity (Wildman–Crippen MR) is 65.8 cm³/mol. The van der Waals surface area contributed by atoms with Crippen LogP contribution in [0.3, 0.4) is 0 Å². The SMILES string of the molecule is Cc1noc(CNCC(=O)Nc2ccccc2F)n1. The van der Waals surface area contributed by atoms with Gasteiger partial charge in [-0.2, -0.15) is 4.98 Å². The Balaban J connectivity index is 1.77. The molecule has 0 saturated heterocycles. The fourth-order valence-corrected chi connectivity index (χ4v) is 1.45. The number of anilines is 1. The number of carbonyl (C=O) groups excluding carboxylic acids is 1. The summed E-state index contributed by atoms with van der Waals surface area (Å²) >= 11 is 0. The quantitative estimate of drug-likeness (QED) is 0.849. The maximum atomic E-state index is 13.3. The summed E-state index contributed by atoms with van der Waals surface area (Å²) in [5.74, 6) is 0.119. The van der Waals surface area contributed by atoms with Gasteiger partial charge in [-0.05, 0) is 19.1 Å². The summed E-state index contributed by atoms with van der Waals surface area (Å²) in [6.07, 6.45) is 0. The number of carbonyl (C=O) groups is 1. The minimum atomic E-state index is -0.469. The van der Waals surface area contributed by atoms with Gasteiger partial charge in [-0.1, -0.05) is 17.3 Å². The van der Waals surface area contributed by atoms with Crippen molar-refractivity contribution in [1.82, 2.24) is 15.5 Å². The lowest BCUT2D eigenvalue weighted by molar-refractivity contribution is -0.115. The summed E-state index contributed by atoms with van der Waals surface area (Å²) in [6, 6.07) is 5.98. The second-order valence-corrected chi connectivity index (χ2v) is 3.87. The van der Waals surface area contributed by atoms with E-state index >= 15 is 0 Å². The number of aryl methyl sites for hydroxylation is 1. The van der Waals surface area contributed by atoms with Crippen molar-refractivity contribution in [1.29, 1.82) is 0 Å². The van der Waals surface area contributed by atoms with Gasteiger partial charge in [0.25, 0.3) is 0 Å². The van der Waals surface area contributed by atoms with Crippen molar-refractivity contribution in [2.45, 2.75) is 13.5 Å². The Morgan fingerprint density at radius 3 is 2.89 bits per heavy atom. The number of aromatic nitrogens is 2. The summed E-state index contributed by atoms with van der Waals surface area (Å²) in [5.41, 5.74) is 0.155. The molecule has 2 rings (SSSR count). The van der Waals surface area contributed by atoms with Gasteiger partial charge < -0.3 is 9.84 Å². The second-order valence-electron chi connectivity index (χ2n) is 3.87. The van der Waals surface area contributed by atoms with Crippen LogP contribution >= 0.6 is 0 Å². The molecule has 0 saturated carbocycles. The Hall–Kier alpha value is -2.28. The van der Waals surface area contributed by atoms with Crippen LogP contribution in [0.2, 0.25) is 0 Å². The summed E-state index contributed by atoms with van der Waals surface area (Å²) in [6.45, 7) is 2.01. The van der Waals surface area contributed by atoms with E-state index in [0.717, 1.165) is 0 Å². The van der Waals surface area contributed by atoms with E-state index in [2.05, 4.69) is 20.8 Å². The number of nitrogens with zero attached hydrogens (tertiary/aromatic N) is 2. The largest absolute Gasteiger partial charge is 0.338 e. The number of hydrogen-bond acceptors (Lipinski definition) is 5. The molecule has 1 aromatic heterocycles. The fraction of sp³-hybridized carbons (Fsp3) is 0.250. The zero-order chi connectivity index (χ0) is 13.7. The first-order chi connectivity index (χ1) is 9.15. The van der Waals surface area contributed by atoms with Crippen molar-refractivity contribution in [3.8, 4) is 0 Å². The van der Waals surface area contributed by atoms with Crippen LogP contribution in [0.4, 0.5) is 10.1 Å². The molecule has 2 aromatic rings. The third-order valence-electron chi connectivity index (χ3n) is 2.28. The highest BCUT2D eigenvalue weighted by atomic mass is 19.1. The summed E-state index contributed by atoms with van der Waals surface area (Å²) in [4.78, 5) is 15.5. The highest BCUT2D eigenvalue weighted by molar-refractivity contribution is 5.92. The molecule has 0 aliphatic carbocycles. The van der Waals surface area contributed by atoms with Crippen LogP contribution in [0.5, 0.6) is 0 Å². The zero-order valence-electron chi connectivity index (χ0n) is 10.3. The highest BCUT2D eigenvalue weighted by Gasteiger charge is 2.07. The van der Waals surface area contributed by atoms with Gasteiger partial charge in [-0.3, -0.25) is 10.1 Å². The minimum absolute atomic E-state index is 0.0236. The number of rotatable bonds is 5. The molecular weight excluding hydrogens is 251 g/mol. The highest BCUT2D eigenvalue weighted by Crippen LogP contribution is 2.11. The standard InChI is InChI=1S/C12H13FN4O2/c1-8-15-12(19-17-8)7-14-6-11(18)16-10-5-3-2-4-9(10)13/h2-5,14H,6-7H2,1H3,(H,16,18). The lowest BCUT2D eigenvalue weighted by Gasteiger charge is -2.06. The molecule has 0 atom stereocenters. The van der Waals surface area contributed by atoms with Crippen molar-refractivity contribution in [2.24, 2.45) is 0 Å². The molecular formula is C12H13FN4O2. The minimum Gasteiger partial charge on any atom is -0.338 e. The molecule has 1 aromatic carbocycles. The van der Waals surface area contributed by atoms with Gasteiger partial charge in [-0.15, -0.1) is 0 Å². The van der Waals surface area contributed by atoms with Crippen LogP contribution in [0.1, 0.15) is 11.7 Å². The van der Waals surface area contributed by atoms with Crippen LogP contribution in [0.25, 0.3) is 0 Å². The number of amides is 1. The number of nitrogens with one attached hydrogen (secondary N) is 2. The average Bonchev–Trinajstić information content (AvgIpc) is 2.78. The smallest absolute Gasteiger partial charge is 0.240 e. The molecule has 100 valence electrons. The van der Waals surface area contributed by atoms with Crippen molar-refractivity contribution in [2.75, 3.05) is 11.9 Å². The van der Waals surface area contributed by atoms with Crippen molar-refractivity contribution in [3.05, 3.63) is 41.8 Å². The maximum Gasteiger partial charge on any atom is 0.240 e. The van der Waals surface area contributed by atoms with Crippen LogP contribution in [-0.2, 0) is 11.3 Å². The van der Waals surface area contributed by atoms with Crippen molar-refractivity contribution < 1.29 is 13.7 Å². The first-order valence-electron chi connectivity index (χ1n) is 5.69. The van der Waals surface area contributed by atoms with Gasteiger partial charge in [0.15, 0.2) is 5.82 Å². The normalized spacial score (nSPS) is 10.4. The number of hydrogen-bond donors (Lipinski definition) is 2. The molecule has 0 aliphatic rings. The summed E-state index contributed by atoms with van der Waals surface area (Å²) < 4.78 is 18.1. The second kappa shape index (κ2) is 6.05. The maximum absolute atomic E-state index is 13.3. The first kappa shape index (κ1) is 13.2. The lowest BCUT2D eigenvalue weighted by atomic mass is 10.3. The van der Waals surface area contributed by atoms with E-state index in [-0.39, 0.29) is 24.7 Å². The Bertz CT molecular complexity index is 570. The van der Waals surface area contributed by atoms with Crippen LogP contribution in [0, 0.1) is 12.7 Å². The lowest BCUT2D eigenvalue weighted by Crippen LogP contribution is -2.28. The molecule has 0 unspecified atom stereocenters. The van der Waals surface area contributed by atoms with E-state index in [4.69, 9.17) is 4.52 Å². The molecule has 19 heavy (non-hydrogen) atoms. The average molecular weight is 264 g/mol. The molecule has 6 nitrogen and oxygen atoms in total. The first-order valence-corrected chi connectivity index (χ1v) is 5.69. The predicted octanol–water partition coefficient (Wildman–Crippen LogP) is 1.25. The molecule has 1 heterocycles. The molecule has 0 fully saturated rings. The Kier molecular flexibility index (Phi) is 4.19.